The Morgan fingerprint density at radius 1 is 1.16 bits per heavy atom. The summed E-state index contributed by atoms with van der Waals surface area (Å²) in [5.74, 6) is 0.105. The van der Waals surface area contributed by atoms with Gasteiger partial charge in [0.1, 0.15) is 0 Å². The molecule has 1 fully saturated rings. The summed E-state index contributed by atoms with van der Waals surface area (Å²) in [6, 6.07) is 10.2. The topological polar surface area (TPSA) is 70.0 Å². The third-order valence-corrected chi connectivity index (χ3v) is 7.04. The number of aryl methyl sites for hydroxylation is 1. The summed E-state index contributed by atoms with van der Waals surface area (Å²) in [4.78, 5) is 34.7. The molecule has 1 aliphatic heterocycles. The summed E-state index contributed by atoms with van der Waals surface area (Å²) in [6.07, 6.45) is 4.99. The van der Waals surface area contributed by atoms with E-state index in [4.69, 9.17) is 0 Å². The van der Waals surface area contributed by atoms with E-state index in [-0.39, 0.29) is 17.5 Å². The molecule has 31 heavy (non-hydrogen) atoms. The van der Waals surface area contributed by atoms with Crippen LogP contribution in [0.15, 0.2) is 46.7 Å². The molecule has 0 radical (unpaired) electrons. The molecule has 3 heterocycles. The number of thiazole rings is 1. The number of amides is 1. The summed E-state index contributed by atoms with van der Waals surface area (Å²) < 4.78 is 1.58. The van der Waals surface area contributed by atoms with Gasteiger partial charge in [0.15, 0.2) is 4.96 Å². The Kier molecular flexibility index (Phi) is 5.85. The van der Waals surface area contributed by atoms with Crippen molar-refractivity contribution in [2.75, 3.05) is 32.7 Å². The fraction of sp³-hybridized carbons (Fsp3) is 0.435. The van der Waals surface area contributed by atoms with Crippen LogP contribution in [0, 0.1) is 0 Å². The van der Waals surface area contributed by atoms with E-state index >= 15 is 0 Å². The second kappa shape index (κ2) is 8.90. The van der Waals surface area contributed by atoms with Crippen molar-refractivity contribution < 1.29 is 4.79 Å². The molecule has 1 N–H and O–H groups in total. The van der Waals surface area contributed by atoms with Crippen molar-refractivity contribution in [1.29, 1.82) is 0 Å². The van der Waals surface area contributed by atoms with Gasteiger partial charge >= 0.3 is 0 Å². The van der Waals surface area contributed by atoms with E-state index in [1.54, 1.807) is 16.7 Å². The van der Waals surface area contributed by atoms with Crippen LogP contribution in [-0.4, -0.2) is 57.8 Å². The van der Waals surface area contributed by atoms with Crippen molar-refractivity contribution in [3.8, 4) is 0 Å². The van der Waals surface area contributed by atoms with Crippen molar-refractivity contribution in [3.05, 3.63) is 69.1 Å². The van der Waals surface area contributed by atoms with Crippen LogP contribution in [0.3, 0.4) is 0 Å². The second-order valence-corrected chi connectivity index (χ2v) is 9.28. The molecule has 1 saturated heterocycles. The summed E-state index contributed by atoms with van der Waals surface area (Å²) in [5, 5.41) is 5.13. The maximum Gasteiger partial charge on any atom is 0.258 e. The molecule has 0 bridgehead atoms. The number of piperazine rings is 1. The van der Waals surface area contributed by atoms with E-state index in [0.717, 1.165) is 56.1 Å². The van der Waals surface area contributed by atoms with E-state index in [1.807, 2.05) is 5.38 Å². The maximum atomic E-state index is 12.7. The van der Waals surface area contributed by atoms with E-state index in [0.29, 0.717) is 13.1 Å². The van der Waals surface area contributed by atoms with Gasteiger partial charge in [-0.05, 0) is 30.4 Å². The standard InChI is InChI=1S/C23H27N5O2S/c29-21(25-20-7-3-5-17-4-1-2-6-19(17)20)16-27-10-8-26(9-11-27)15-18-14-22(30)28-12-13-31-23(28)24-18/h1-2,4,6,12-14,20H,3,5,7-11,15-16H2,(H,25,29)/t20-/m0/s1. The van der Waals surface area contributed by atoms with Crippen LogP contribution in [-0.2, 0) is 17.8 Å². The molecule has 7 nitrogen and oxygen atoms in total. The minimum atomic E-state index is -0.0270. The molecule has 1 aromatic carbocycles. The van der Waals surface area contributed by atoms with Crippen molar-refractivity contribution in [2.45, 2.75) is 31.8 Å². The number of nitrogens with zero attached hydrogens (tertiary/aromatic N) is 4. The Balaban J connectivity index is 1.12. The number of carbonyl (C=O) groups is 1. The lowest BCUT2D eigenvalue weighted by Crippen LogP contribution is -2.49. The number of hydrogen-bond acceptors (Lipinski definition) is 6. The highest BCUT2D eigenvalue weighted by Gasteiger charge is 2.24. The lowest BCUT2D eigenvalue weighted by atomic mass is 9.88. The van der Waals surface area contributed by atoms with E-state index in [1.165, 1.54) is 22.5 Å². The highest BCUT2D eigenvalue weighted by atomic mass is 32.1. The van der Waals surface area contributed by atoms with Crippen molar-refractivity contribution in [1.82, 2.24) is 24.5 Å². The first-order valence-electron chi connectivity index (χ1n) is 10.9. The number of nitrogens with one attached hydrogen (secondary N) is 1. The van der Waals surface area contributed by atoms with Gasteiger partial charge in [-0.25, -0.2) is 4.98 Å². The highest BCUT2D eigenvalue weighted by Crippen LogP contribution is 2.29. The Labute approximate surface area is 185 Å². The van der Waals surface area contributed by atoms with E-state index in [2.05, 4.69) is 44.4 Å². The van der Waals surface area contributed by atoms with Gasteiger partial charge in [-0.15, -0.1) is 11.3 Å². The minimum Gasteiger partial charge on any atom is -0.348 e. The van der Waals surface area contributed by atoms with Gasteiger partial charge < -0.3 is 5.32 Å². The Morgan fingerprint density at radius 2 is 1.97 bits per heavy atom. The van der Waals surface area contributed by atoms with Crippen LogP contribution < -0.4 is 10.9 Å². The monoisotopic (exact) mass is 437 g/mol. The molecule has 0 unspecified atom stereocenters. The van der Waals surface area contributed by atoms with Gasteiger partial charge in [-0.1, -0.05) is 24.3 Å². The Bertz CT molecular complexity index is 1130. The van der Waals surface area contributed by atoms with Crippen LogP contribution in [0.2, 0.25) is 0 Å². The predicted octanol–water partition coefficient (Wildman–Crippen LogP) is 2.07. The zero-order valence-electron chi connectivity index (χ0n) is 17.5. The Morgan fingerprint density at radius 3 is 2.84 bits per heavy atom. The number of aromatic nitrogens is 2. The largest absolute Gasteiger partial charge is 0.348 e. The molecule has 1 aliphatic carbocycles. The van der Waals surface area contributed by atoms with Gasteiger partial charge in [0.25, 0.3) is 5.56 Å². The molecule has 3 aromatic rings. The zero-order valence-corrected chi connectivity index (χ0v) is 18.3. The molecule has 2 aliphatic rings. The van der Waals surface area contributed by atoms with E-state index in [9.17, 15) is 9.59 Å². The zero-order chi connectivity index (χ0) is 21.2. The van der Waals surface area contributed by atoms with Crippen molar-refractivity contribution in [3.63, 3.8) is 0 Å². The molecular weight excluding hydrogens is 410 g/mol. The number of benzene rings is 1. The smallest absolute Gasteiger partial charge is 0.258 e. The van der Waals surface area contributed by atoms with Gasteiger partial charge in [-0.2, -0.15) is 0 Å². The lowest BCUT2D eigenvalue weighted by Gasteiger charge is -2.34. The maximum absolute atomic E-state index is 12.7. The third-order valence-electron chi connectivity index (χ3n) is 6.28. The van der Waals surface area contributed by atoms with Crippen LogP contribution in [0.5, 0.6) is 0 Å². The number of hydrogen-bond donors (Lipinski definition) is 1. The van der Waals surface area contributed by atoms with E-state index < -0.39 is 0 Å². The first-order valence-corrected chi connectivity index (χ1v) is 11.8. The molecule has 1 amide bonds. The van der Waals surface area contributed by atoms with Crippen LogP contribution in [0.25, 0.3) is 4.96 Å². The lowest BCUT2D eigenvalue weighted by molar-refractivity contribution is -0.123. The molecule has 2 aromatic heterocycles. The van der Waals surface area contributed by atoms with Crippen LogP contribution in [0.1, 0.15) is 35.7 Å². The van der Waals surface area contributed by atoms with Gasteiger partial charge in [0.2, 0.25) is 5.91 Å². The fourth-order valence-electron chi connectivity index (χ4n) is 4.65. The third kappa shape index (κ3) is 4.56. The molecule has 0 spiro atoms. The number of fused-ring (bicyclic) bond motifs is 2. The first-order chi connectivity index (χ1) is 15.2. The normalized spacial score (nSPS) is 19.9. The molecule has 8 heteroatoms. The van der Waals surface area contributed by atoms with Gasteiger partial charge in [0.05, 0.1) is 18.3 Å². The average molecular weight is 438 g/mol. The molecule has 1 atom stereocenters. The summed E-state index contributed by atoms with van der Waals surface area (Å²) in [7, 11) is 0. The SMILES string of the molecule is O=C(CN1CCN(Cc2cc(=O)n3ccsc3n2)CC1)N[C@H]1CCCc2ccccc21. The highest BCUT2D eigenvalue weighted by molar-refractivity contribution is 7.15. The Hall–Kier alpha value is -2.55. The summed E-state index contributed by atoms with van der Waals surface area (Å²) in [5.41, 5.74) is 3.43. The second-order valence-electron chi connectivity index (χ2n) is 8.40. The predicted molar refractivity (Wildman–Crippen MR) is 121 cm³/mol. The number of carbonyl (C=O) groups excluding carboxylic acids is 1. The van der Waals surface area contributed by atoms with Crippen molar-refractivity contribution in [2.24, 2.45) is 0 Å². The average Bonchev–Trinajstić information content (AvgIpc) is 3.25. The quantitative estimate of drug-likeness (QED) is 0.662. The summed E-state index contributed by atoms with van der Waals surface area (Å²) >= 11 is 1.48. The molecular formula is C23H27N5O2S. The first kappa shape index (κ1) is 20.4. The van der Waals surface area contributed by atoms with Gasteiger partial charge in [0, 0.05) is 50.4 Å². The van der Waals surface area contributed by atoms with Crippen LogP contribution >= 0.6 is 11.3 Å². The molecule has 162 valence electrons. The van der Waals surface area contributed by atoms with Crippen molar-refractivity contribution >= 4 is 22.2 Å². The van der Waals surface area contributed by atoms with Gasteiger partial charge in [-0.3, -0.25) is 23.8 Å². The number of rotatable bonds is 5. The molecule has 0 saturated carbocycles. The minimum absolute atomic E-state index is 0.0270. The molecule has 5 rings (SSSR count). The van der Waals surface area contributed by atoms with Crippen LogP contribution in [0.4, 0.5) is 0 Å². The summed E-state index contributed by atoms with van der Waals surface area (Å²) in [6.45, 7) is 4.52. The fourth-order valence-corrected chi connectivity index (χ4v) is 5.39.